The lowest BCUT2D eigenvalue weighted by Gasteiger charge is -2.05. The van der Waals surface area contributed by atoms with Gasteiger partial charge in [-0.15, -0.1) is 0 Å². The molecule has 0 atom stereocenters. The van der Waals surface area contributed by atoms with Crippen LogP contribution in [0.4, 0.5) is 0 Å². The zero-order chi connectivity index (χ0) is 13.1. The summed E-state index contributed by atoms with van der Waals surface area (Å²) in [5.41, 5.74) is 2.17. The molecule has 0 aliphatic rings. The number of carbonyl (C=O) groups is 1. The summed E-state index contributed by atoms with van der Waals surface area (Å²) >= 11 is 0. The number of aromatic nitrogens is 2. The molecule has 0 aliphatic heterocycles. The minimum atomic E-state index is -0.386. The molecule has 1 heterocycles. The first-order valence-electron chi connectivity index (χ1n) is 5.91. The van der Waals surface area contributed by atoms with Gasteiger partial charge in [-0.05, 0) is 39.0 Å². The van der Waals surface area contributed by atoms with Gasteiger partial charge in [0.1, 0.15) is 0 Å². The normalized spacial score (nSPS) is 10.7. The average molecular weight is 244 g/mol. The first-order chi connectivity index (χ1) is 8.58. The number of benzene rings is 1. The molecule has 0 saturated heterocycles. The molecule has 0 N–H and O–H groups in total. The summed E-state index contributed by atoms with van der Waals surface area (Å²) in [5, 5.41) is 4.28. The number of nitrogens with zero attached hydrogens (tertiary/aromatic N) is 2. The molecule has 2 rings (SSSR count). The highest BCUT2D eigenvalue weighted by Gasteiger charge is 2.15. The number of ether oxygens (including phenoxy) is 1. The van der Waals surface area contributed by atoms with Gasteiger partial charge < -0.3 is 4.74 Å². The Balaban J connectivity index is 2.30. The minimum Gasteiger partial charge on any atom is -0.458 e. The lowest BCUT2D eigenvalue weighted by molar-refractivity contribution is 0.0370. The molecule has 1 aromatic carbocycles. The fourth-order valence-electron chi connectivity index (χ4n) is 1.68. The number of hydrogen-bond acceptors (Lipinski definition) is 3. The summed E-state index contributed by atoms with van der Waals surface area (Å²) in [4.78, 5) is 11.8. The summed E-state index contributed by atoms with van der Waals surface area (Å²) in [6.45, 7) is 5.55. The Bertz CT molecular complexity index is 544. The van der Waals surface area contributed by atoms with Crippen LogP contribution < -0.4 is 0 Å². The van der Waals surface area contributed by atoms with Gasteiger partial charge in [-0.3, -0.25) is 0 Å². The van der Waals surface area contributed by atoms with E-state index in [-0.39, 0.29) is 12.1 Å². The molecule has 0 unspecified atom stereocenters. The summed E-state index contributed by atoms with van der Waals surface area (Å²) in [6, 6.07) is 11.4. The molecular weight excluding hydrogens is 228 g/mol. The van der Waals surface area contributed by atoms with E-state index in [2.05, 4.69) is 5.10 Å². The molecular formula is C14H16N2O2. The fraction of sp³-hybridized carbons (Fsp3) is 0.286. The monoisotopic (exact) mass is 244 g/mol. The molecule has 1 aromatic heterocycles. The Hall–Kier alpha value is -2.10. The van der Waals surface area contributed by atoms with Gasteiger partial charge in [-0.2, -0.15) is 5.10 Å². The quantitative estimate of drug-likeness (QED) is 0.780. The number of hydrogen-bond donors (Lipinski definition) is 0. The number of rotatable bonds is 3. The van der Waals surface area contributed by atoms with Crippen molar-refractivity contribution in [2.75, 3.05) is 0 Å². The first kappa shape index (κ1) is 12.4. The smallest absolute Gasteiger partial charge is 0.359 e. The number of esters is 1. The maximum Gasteiger partial charge on any atom is 0.359 e. The lowest BCUT2D eigenvalue weighted by Crippen LogP contribution is -2.12. The SMILES string of the molecule is Cc1cc(C(=O)OC(C)C)nn1-c1ccccc1. The Morgan fingerprint density at radius 3 is 2.56 bits per heavy atom. The van der Waals surface area contributed by atoms with Crippen LogP contribution >= 0.6 is 0 Å². The molecule has 2 aromatic rings. The van der Waals surface area contributed by atoms with Gasteiger partial charge in [0.2, 0.25) is 0 Å². The number of carbonyl (C=O) groups excluding carboxylic acids is 1. The van der Waals surface area contributed by atoms with Gasteiger partial charge in [-0.25, -0.2) is 9.48 Å². The molecule has 0 aliphatic carbocycles. The minimum absolute atomic E-state index is 0.139. The summed E-state index contributed by atoms with van der Waals surface area (Å²) in [5.74, 6) is -0.386. The summed E-state index contributed by atoms with van der Waals surface area (Å²) in [7, 11) is 0. The molecule has 4 nitrogen and oxygen atoms in total. The van der Waals surface area contributed by atoms with Crippen LogP contribution in [0.15, 0.2) is 36.4 Å². The van der Waals surface area contributed by atoms with Crippen molar-refractivity contribution in [3.05, 3.63) is 47.8 Å². The van der Waals surface area contributed by atoms with Crippen LogP contribution in [-0.2, 0) is 4.74 Å². The Morgan fingerprint density at radius 2 is 1.94 bits per heavy atom. The van der Waals surface area contributed by atoms with Crippen LogP contribution in [0.3, 0.4) is 0 Å². The second kappa shape index (κ2) is 5.04. The van der Waals surface area contributed by atoms with Gasteiger partial charge in [0, 0.05) is 5.69 Å². The zero-order valence-electron chi connectivity index (χ0n) is 10.8. The Labute approximate surface area is 106 Å². The summed E-state index contributed by atoms with van der Waals surface area (Å²) < 4.78 is 6.86. The lowest BCUT2D eigenvalue weighted by atomic mass is 10.3. The molecule has 0 bridgehead atoms. The van der Waals surface area contributed by atoms with Crippen molar-refractivity contribution in [1.82, 2.24) is 9.78 Å². The fourth-order valence-corrected chi connectivity index (χ4v) is 1.68. The highest BCUT2D eigenvalue weighted by Crippen LogP contribution is 2.12. The second-order valence-electron chi connectivity index (χ2n) is 4.37. The molecule has 18 heavy (non-hydrogen) atoms. The molecule has 94 valence electrons. The Kier molecular flexibility index (Phi) is 3.46. The van der Waals surface area contributed by atoms with Crippen LogP contribution in [0.2, 0.25) is 0 Å². The highest BCUT2D eigenvalue weighted by atomic mass is 16.5. The van der Waals surface area contributed by atoms with Crippen LogP contribution in [0.1, 0.15) is 30.0 Å². The van der Waals surface area contributed by atoms with Gasteiger partial charge in [0.05, 0.1) is 11.8 Å². The second-order valence-corrected chi connectivity index (χ2v) is 4.37. The van der Waals surface area contributed by atoms with E-state index < -0.39 is 0 Å². The van der Waals surface area contributed by atoms with Gasteiger partial charge >= 0.3 is 5.97 Å². The highest BCUT2D eigenvalue weighted by molar-refractivity contribution is 5.87. The van der Waals surface area contributed by atoms with E-state index in [0.29, 0.717) is 5.69 Å². The van der Waals surface area contributed by atoms with Crippen molar-refractivity contribution in [2.45, 2.75) is 26.9 Å². The van der Waals surface area contributed by atoms with E-state index in [1.165, 1.54) is 0 Å². The third kappa shape index (κ3) is 2.59. The molecule has 0 radical (unpaired) electrons. The van der Waals surface area contributed by atoms with E-state index in [0.717, 1.165) is 11.4 Å². The van der Waals surface area contributed by atoms with Crippen molar-refractivity contribution < 1.29 is 9.53 Å². The van der Waals surface area contributed by atoms with E-state index in [1.54, 1.807) is 10.7 Å². The van der Waals surface area contributed by atoms with Crippen LogP contribution in [0.25, 0.3) is 5.69 Å². The van der Waals surface area contributed by atoms with Crippen LogP contribution in [0.5, 0.6) is 0 Å². The first-order valence-corrected chi connectivity index (χ1v) is 5.91. The zero-order valence-corrected chi connectivity index (χ0v) is 10.8. The Morgan fingerprint density at radius 1 is 1.28 bits per heavy atom. The van der Waals surface area contributed by atoms with Gasteiger partial charge in [-0.1, -0.05) is 18.2 Å². The van der Waals surface area contributed by atoms with Crippen molar-refractivity contribution in [1.29, 1.82) is 0 Å². The van der Waals surface area contributed by atoms with Crippen molar-refractivity contribution in [3.63, 3.8) is 0 Å². The molecule has 0 amide bonds. The summed E-state index contributed by atoms with van der Waals surface area (Å²) in [6.07, 6.45) is -0.139. The largest absolute Gasteiger partial charge is 0.458 e. The third-order valence-corrected chi connectivity index (χ3v) is 2.44. The van der Waals surface area contributed by atoms with Crippen molar-refractivity contribution in [2.24, 2.45) is 0 Å². The van der Waals surface area contributed by atoms with Crippen molar-refractivity contribution >= 4 is 5.97 Å². The third-order valence-electron chi connectivity index (χ3n) is 2.44. The maximum absolute atomic E-state index is 11.8. The molecule has 0 fully saturated rings. The van der Waals surface area contributed by atoms with E-state index in [9.17, 15) is 4.79 Å². The average Bonchev–Trinajstić information content (AvgIpc) is 2.72. The molecule has 0 saturated carbocycles. The van der Waals surface area contributed by atoms with Crippen molar-refractivity contribution in [3.8, 4) is 5.69 Å². The van der Waals surface area contributed by atoms with Crippen LogP contribution in [-0.4, -0.2) is 21.9 Å². The number of aryl methyl sites for hydroxylation is 1. The van der Waals surface area contributed by atoms with E-state index in [4.69, 9.17) is 4.74 Å². The van der Waals surface area contributed by atoms with E-state index in [1.807, 2.05) is 51.1 Å². The molecule has 4 heteroatoms. The van der Waals surface area contributed by atoms with Gasteiger partial charge in [0.15, 0.2) is 5.69 Å². The maximum atomic E-state index is 11.8. The van der Waals surface area contributed by atoms with Crippen LogP contribution in [0, 0.1) is 6.92 Å². The standard InChI is InChI=1S/C14H16N2O2/c1-10(2)18-14(17)13-9-11(3)16(15-13)12-7-5-4-6-8-12/h4-10H,1-3H3. The molecule has 0 spiro atoms. The number of para-hydroxylation sites is 1. The topological polar surface area (TPSA) is 44.1 Å². The predicted octanol–water partition coefficient (Wildman–Crippen LogP) is 2.75. The van der Waals surface area contributed by atoms with E-state index >= 15 is 0 Å². The predicted molar refractivity (Wildman–Crippen MR) is 68.9 cm³/mol. The van der Waals surface area contributed by atoms with Gasteiger partial charge in [0.25, 0.3) is 0 Å².